The SMILES string of the molecule is COC(=O)c1cc(OC(F)(F)F)c(C(F)(F)F)nc1CN. The van der Waals surface area contributed by atoms with E-state index in [9.17, 15) is 31.1 Å². The van der Waals surface area contributed by atoms with Gasteiger partial charge in [-0.15, -0.1) is 13.2 Å². The Morgan fingerprint density at radius 1 is 1.29 bits per heavy atom. The fourth-order valence-electron chi connectivity index (χ4n) is 1.38. The molecule has 118 valence electrons. The van der Waals surface area contributed by atoms with E-state index in [1.54, 1.807) is 0 Å². The van der Waals surface area contributed by atoms with Crippen molar-refractivity contribution in [1.29, 1.82) is 0 Å². The Balaban J connectivity index is 3.53. The first-order valence-electron chi connectivity index (χ1n) is 5.15. The second-order valence-electron chi connectivity index (χ2n) is 3.57. The number of pyridine rings is 1. The van der Waals surface area contributed by atoms with E-state index >= 15 is 0 Å². The lowest BCUT2D eigenvalue weighted by Gasteiger charge is -2.17. The number of hydrogen-bond acceptors (Lipinski definition) is 5. The van der Waals surface area contributed by atoms with Crippen LogP contribution in [0.25, 0.3) is 0 Å². The standard InChI is InChI=1S/C10H8F6N2O3/c1-20-8(19)4-2-6(21-10(14,15)16)7(9(11,12)13)18-5(4)3-17/h2H,3,17H2,1H3. The second-order valence-corrected chi connectivity index (χ2v) is 3.57. The highest BCUT2D eigenvalue weighted by Crippen LogP contribution is 2.38. The summed E-state index contributed by atoms with van der Waals surface area (Å²) in [5, 5.41) is 0. The molecule has 0 saturated carbocycles. The topological polar surface area (TPSA) is 74.4 Å². The number of ether oxygens (including phenoxy) is 2. The molecule has 1 rings (SSSR count). The van der Waals surface area contributed by atoms with Gasteiger partial charge < -0.3 is 15.2 Å². The lowest BCUT2D eigenvalue weighted by Crippen LogP contribution is -2.23. The van der Waals surface area contributed by atoms with Crippen molar-refractivity contribution in [1.82, 2.24) is 4.98 Å². The van der Waals surface area contributed by atoms with Gasteiger partial charge >= 0.3 is 18.5 Å². The molecular weight excluding hydrogens is 310 g/mol. The minimum absolute atomic E-state index is 0.247. The molecule has 11 heteroatoms. The summed E-state index contributed by atoms with van der Waals surface area (Å²) in [4.78, 5) is 14.3. The first kappa shape index (κ1) is 17.0. The molecule has 0 amide bonds. The number of halogens is 6. The van der Waals surface area contributed by atoms with E-state index < -0.39 is 47.8 Å². The van der Waals surface area contributed by atoms with Gasteiger partial charge in [0.2, 0.25) is 0 Å². The van der Waals surface area contributed by atoms with E-state index in [0.29, 0.717) is 0 Å². The molecule has 0 radical (unpaired) electrons. The van der Waals surface area contributed by atoms with Crippen molar-refractivity contribution in [3.8, 4) is 5.75 Å². The van der Waals surface area contributed by atoms with Crippen LogP contribution in [0.4, 0.5) is 26.3 Å². The molecule has 5 nitrogen and oxygen atoms in total. The monoisotopic (exact) mass is 318 g/mol. The van der Waals surface area contributed by atoms with Gasteiger partial charge in [-0.3, -0.25) is 0 Å². The molecule has 0 spiro atoms. The average Bonchev–Trinajstić information content (AvgIpc) is 2.34. The van der Waals surface area contributed by atoms with Crippen LogP contribution in [0.15, 0.2) is 6.07 Å². The maximum absolute atomic E-state index is 12.7. The van der Waals surface area contributed by atoms with Gasteiger partial charge in [0.15, 0.2) is 11.4 Å². The number of nitrogens with two attached hydrogens (primary N) is 1. The van der Waals surface area contributed by atoms with Crippen molar-refractivity contribution in [2.75, 3.05) is 7.11 Å². The largest absolute Gasteiger partial charge is 0.573 e. The number of hydrogen-bond donors (Lipinski definition) is 1. The minimum Gasteiger partial charge on any atom is -0.465 e. The quantitative estimate of drug-likeness (QED) is 0.683. The summed E-state index contributed by atoms with van der Waals surface area (Å²) in [6.45, 7) is -0.611. The molecule has 0 atom stereocenters. The molecule has 1 heterocycles. The number of carbonyl (C=O) groups excluding carboxylic acids is 1. The van der Waals surface area contributed by atoms with E-state index in [0.717, 1.165) is 7.11 Å². The van der Waals surface area contributed by atoms with Crippen molar-refractivity contribution in [2.24, 2.45) is 5.73 Å². The van der Waals surface area contributed by atoms with Crippen molar-refractivity contribution in [3.05, 3.63) is 23.0 Å². The lowest BCUT2D eigenvalue weighted by atomic mass is 10.1. The Bertz CT molecular complexity index is 541. The van der Waals surface area contributed by atoms with Crippen LogP contribution in [0.3, 0.4) is 0 Å². The number of aromatic nitrogens is 1. The van der Waals surface area contributed by atoms with Crippen LogP contribution in [0, 0.1) is 0 Å². The third-order valence-electron chi connectivity index (χ3n) is 2.16. The van der Waals surface area contributed by atoms with Crippen LogP contribution in [-0.4, -0.2) is 24.4 Å². The van der Waals surface area contributed by atoms with E-state index in [4.69, 9.17) is 5.73 Å². The van der Waals surface area contributed by atoms with E-state index in [2.05, 4.69) is 14.5 Å². The normalized spacial score (nSPS) is 12.2. The lowest BCUT2D eigenvalue weighted by molar-refractivity contribution is -0.276. The predicted octanol–water partition coefficient (Wildman–Crippen LogP) is 2.24. The first-order valence-corrected chi connectivity index (χ1v) is 5.15. The van der Waals surface area contributed by atoms with Gasteiger partial charge in [0.1, 0.15) is 0 Å². The van der Waals surface area contributed by atoms with Crippen LogP contribution < -0.4 is 10.5 Å². The number of methoxy groups -OCH3 is 1. The van der Waals surface area contributed by atoms with Crippen LogP contribution in [0.2, 0.25) is 0 Å². The highest BCUT2D eigenvalue weighted by atomic mass is 19.4. The summed E-state index contributed by atoms with van der Waals surface area (Å²) in [5.41, 5.74) is 1.98. The Labute approximate surface area is 113 Å². The smallest absolute Gasteiger partial charge is 0.465 e. The Morgan fingerprint density at radius 2 is 1.86 bits per heavy atom. The van der Waals surface area contributed by atoms with Gasteiger partial charge in [0.25, 0.3) is 0 Å². The van der Waals surface area contributed by atoms with E-state index in [1.165, 1.54) is 0 Å². The van der Waals surface area contributed by atoms with Crippen LogP contribution in [0.1, 0.15) is 21.7 Å². The summed E-state index contributed by atoms with van der Waals surface area (Å²) in [7, 11) is 0.893. The Kier molecular flexibility index (Phi) is 4.66. The molecular formula is C10H8F6N2O3. The zero-order valence-electron chi connectivity index (χ0n) is 10.3. The predicted molar refractivity (Wildman–Crippen MR) is 55.2 cm³/mol. The van der Waals surface area contributed by atoms with Gasteiger partial charge in [-0.1, -0.05) is 0 Å². The number of esters is 1. The minimum atomic E-state index is -5.39. The number of alkyl halides is 6. The van der Waals surface area contributed by atoms with Gasteiger partial charge in [0.05, 0.1) is 18.4 Å². The van der Waals surface area contributed by atoms with Gasteiger partial charge in [-0.05, 0) is 6.07 Å². The summed E-state index contributed by atoms with van der Waals surface area (Å²) in [6.07, 6.45) is -10.6. The summed E-state index contributed by atoms with van der Waals surface area (Å²) in [5.74, 6) is -2.85. The molecule has 0 aliphatic carbocycles. The van der Waals surface area contributed by atoms with Crippen molar-refractivity contribution >= 4 is 5.97 Å². The van der Waals surface area contributed by atoms with Crippen molar-refractivity contribution in [2.45, 2.75) is 19.1 Å². The first-order chi connectivity index (χ1) is 9.49. The molecule has 0 bridgehead atoms. The summed E-state index contributed by atoms with van der Waals surface area (Å²) < 4.78 is 82.0. The van der Waals surface area contributed by atoms with Crippen molar-refractivity contribution in [3.63, 3.8) is 0 Å². The molecule has 1 aromatic heterocycles. The third-order valence-corrected chi connectivity index (χ3v) is 2.16. The summed E-state index contributed by atoms with van der Waals surface area (Å²) >= 11 is 0. The molecule has 0 aromatic carbocycles. The summed E-state index contributed by atoms with van der Waals surface area (Å²) in [6, 6.07) is 0.247. The maximum Gasteiger partial charge on any atom is 0.573 e. The molecule has 0 fully saturated rings. The van der Waals surface area contributed by atoms with E-state index in [-0.39, 0.29) is 6.07 Å². The molecule has 0 aliphatic heterocycles. The van der Waals surface area contributed by atoms with Crippen LogP contribution in [0.5, 0.6) is 5.75 Å². The highest BCUT2D eigenvalue weighted by molar-refractivity contribution is 5.91. The second kappa shape index (κ2) is 5.76. The zero-order chi connectivity index (χ0) is 16.4. The fourth-order valence-corrected chi connectivity index (χ4v) is 1.38. The Morgan fingerprint density at radius 3 is 2.24 bits per heavy atom. The third kappa shape index (κ3) is 4.21. The molecule has 0 unspecified atom stereocenters. The van der Waals surface area contributed by atoms with Crippen LogP contribution in [-0.2, 0) is 17.5 Å². The molecule has 0 saturated heterocycles. The fraction of sp³-hybridized carbons (Fsp3) is 0.400. The highest BCUT2D eigenvalue weighted by Gasteiger charge is 2.42. The molecule has 21 heavy (non-hydrogen) atoms. The molecule has 1 aromatic rings. The van der Waals surface area contributed by atoms with Crippen molar-refractivity contribution < 1.29 is 40.6 Å². The van der Waals surface area contributed by atoms with Gasteiger partial charge in [-0.2, -0.15) is 13.2 Å². The molecule has 2 N–H and O–H groups in total. The van der Waals surface area contributed by atoms with Gasteiger partial charge in [-0.25, -0.2) is 9.78 Å². The number of carbonyl (C=O) groups is 1. The Hall–Kier alpha value is -2.04. The maximum atomic E-state index is 12.7. The average molecular weight is 318 g/mol. The van der Waals surface area contributed by atoms with E-state index in [1.807, 2.05) is 0 Å². The molecule has 0 aliphatic rings. The zero-order valence-corrected chi connectivity index (χ0v) is 10.3. The number of rotatable bonds is 3. The van der Waals surface area contributed by atoms with Crippen LogP contribution >= 0.6 is 0 Å². The number of nitrogens with zero attached hydrogens (tertiary/aromatic N) is 1. The van der Waals surface area contributed by atoms with Gasteiger partial charge in [0, 0.05) is 6.54 Å².